The number of carbonyl (C=O) groups excluding carboxylic acids is 1. The van der Waals surface area contributed by atoms with E-state index < -0.39 is 11.6 Å². The zero-order valence-electron chi connectivity index (χ0n) is 12.9. The van der Waals surface area contributed by atoms with E-state index in [0.29, 0.717) is 19.8 Å². The third-order valence-electron chi connectivity index (χ3n) is 4.07. The number of hydrogen-bond donors (Lipinski definition) is 1. The number of nitrogens with zero attached hydrogens (tertiary/aromatic N) is 2. The molecule has 122 valence electrons. The highest BCUT2D eigenvalue weighted by Crippen LogP contribution is 2.29. The molecule has 2 heterocycles. The predicted molar refractivity (Wildman–Crippen MR) is 79.0 cm³/mol. The first-order valence-electron chi connectivity index (χ1n) is 7.34. The third-order valence-corrected chi connectivity index (χ3v) is 4.07. The number of carbonyl (C=O) groups is 1. The maximum absolute atomic E-state index is 13.4. The van der Waals surface area contributed by atoms with Crippen molar-refractivity contribution in [1.29, 1.82) is 0 Å². The van der Waals surface area contributed by atoms with Crippen LogP contribution < -0.4 is 0 Å². The van der Waals surface area contributed by atoms with E-state index in [2.05, 4.69) is 10.2 Å². The van der Waals surface area contributed by atoms with Gasteiger partial charge in [-0.1, -0.05) is 0 Å². The number of benzene rings is 1. The van der Waals surface area contributed by atoms with Gasteiger partial charge >= 0.3 is 0 Å². The Balaban J connectivity index is 1.95. The van der Waals surface area contributed by atoms with Crippen LogP contribution in [0.5, 0.6) is 0 Å². The summed E-state index contributed by atoms with van der Waals surface area (Å²) in [7, 11) is 0. The zero-order chi connectivity index (χ0) is 16.6. The molecule has 0 radical (unpaired) electrons. The van der Waals surface area contributed by atoms with Crippen LogP contribution in [0.2, 0.25) is 0 Å². The molecule has 0 saturated carbocycles. The van der Waals surface area contributed by atoms with Gasteiger partial charge in [-0.25, -0.2) is 8.78 Å². The van der Waals surface area contributed by atoms with E-state index in [1.165, 1.54) is 6.07 Å². The fraction of sp³-hybridized carbons (Fsp3) is 0.375. The first-order chi connectivity index (χ1) is 11.0. The molecule has 1 saturated heterocycles. The van der Waals surface area contributed by atoms with Crippen molar-refractivity contribution in [1.82, 2.24) is 15.1 Å². The van der Waals surface area contributed by atoms with Crippen LogP contribution in [-0.4, -0.2) is 40.8 Å². The highest BCUT2D eigenvalue weighted by atomic mass is 19.2. The van der Waals surface area contributed by atoms with Crippen LogP contribution in [0.15, 0.2) is 18.2 Å². The van der Waals surface area contributed by atoms with E-state index in [0.717, 1.165) is 29.1 Å². The Morgan fingerprint density at radius 3 is 2.78 bits per heavy atom. The molecule has 1 atom stereocenters. The second-order valence-electron chi connectivity index (χ2n) is 5.57. The van der Waals surface area contributed by atoms with Crippen LogP contribution in [0.25, 0.3) is 0 Å². The minimum absolute atomic E-state index is 0.120. The average Bonchev–Trinajstić information content (AvgIpc) is 2.88. The lowest BCUT2D eigenvalue weighted by Crippen LogP contribution is -2.43. The first kappa shape index (κ1) is 15.6. The number of hydrogen-bond acceptors (Lipinski definition) is 3. The third kappa shape index (κ3) is 2.84. The molecular formula is C16H17F2N3O2. The summed E-state index contributed by atoms with van der Waals surface area (Å²) < 4.78 is 32.0. The average molecular weight is 321 g/mol. The van der Waals surface area contributed by atoms with Crippen LogP contribution in [0.3, 0.4) is 0 Å². The van der Waals surface area contributed by atoms with Gasteiger partial charge in [-0.3, -0.25) is 9.89 Å². The second-order valence-corrected chi connectivity index (χ2v) is 5.57. The SMILES string of the molecule is Cc1n[nH]c(C)c1[C@H]1COCCN1C(=O)c1ccc(F)c(F)c1. The van der Waals surface area contributed by atoms with Gasteiger partial charge in [0.1, 0.15) is 0 Å². The highest BCUT2D eigenvalue weighted by molar-refractivity contribution is 5.94. The van der Waals surface area contributed by atoms with Gasteiger partial charge in [0.2, 0.25) is 0 Å². The van der Waals surface area contributed by atoms with Gasteiger partial charge in [0.25, 0.3) is 5.91 Å². The summed E-state index contributed by atoms with van der Waals surface area (Å²) >= 11 is 0. The van der Waals surface area contributed by atoms with E-state index in [1.54, 1.807) is 4.90 Å². The number of H-pyrrole nitrogens is 1. The summed E-state index contributed by atoms with van der Waals surface area (Å²) in [4.78, 5) is 14.4. The molecule has 3 rings (SSSR count). The molecule has 1 aromatic heterocycles. The Morgan fingerprint density at radius 1 is 1.35 bits per heavy atom. The Kier molecular flexibility index (Phi) is 4.12. The van der Waals surface area contributed by atoms with Gasteiger partial charge in [0.15, 0.2) is 11.6 Å². The van der Waals surface area contributed by atoms with Crippen LogP contribution in [0.4, 0.5) is 8.78 Å². The normalized spacial score (nSPS) is 18.3. The summed E-state index contributed by atoms with van der Waals surface area (Å²) in [6.45, 7) is 4.86. The Morgan fingerprint density at radius 2 is 2.13 bits per heavy atom. The Hall–Kier alpha value is -2.28. The molecule has 0 spiro atoms. The molecule has 1 amide bonds. The van der Waals surface area contributed by atoms with Crippen molar-refractivity contribution in [3.63, 3.8) is 0 Å². The molecule has 1 aliphatic heterocycles. The lowest BCUT2D eigenvalue weighted by Gasteiger charge is -2.36. The zero-order valence-corrected chi connectivity index (χ0v) is 12.9. The fourth-order valence-corrected chi connectivity index (χ4v) is 2.93. The van der Waals surface area contributed by atoms with Crippen LogP contribution in [0, 0.1) is 25.5 Å². The van der Waals surface area contributed by atoms with E-state index in [4.69, 9.17) is 4.74 Å². The van der Waals surface area contributed by atoms with Gasteiger partial charge in [-0.2, -0.15) is 5.10 Å². The molecule has 1 aromatic carbocycles. The van der Waals surface area contributed by atoms with E-state index >= 15 is 0 Å². The highest BCUT2D eigenvalue weighted by Gasteiger charge is 2.32. The van der Waals surface area contributed by atoms with E-state index in [1.807, 2.05) is 13.8 Å². The van der Waals surface area contributed by atoms with Crippen LogP contribution in [0.1, 0.15) is 33.4 Å². The van der Waals surface area contributed by atoms with E-state index in [-0.39, 0.29) is 17.5 Å². The predicted octanol–water partition coefficient (Wildman–Crippen LogP) is 2.52. The quantitative estimate of drug-likeness (QED) is 0.925. The molecule has 1 fully saturated rings. The van der Waals surface area contributed by atoms with Crippen molar-refractivity contribution in [2.24, 2.45) is 0 Å². The second kappa shape index (κ2) is 6.08. The first-order valence-corrected chi connectivity index (χ1v) is 7.34. The molecule has 2 aromatic rings. The maximum Gasteiger partial charge on any atom is 0.254 e. The van der Waals surface area contributed by atoms with Crippen molar-refractivity contribution in [2.45, 2.75) is 19.9 Å². The molecule has 0 bridgehead atoms. The topological polar surface area (TPSA) is 58.2 Å². The summed E-state index contributed by atoms with van der Waals surface area (Å²) in [5.41, 5.74) is 2.68. The van der Waals surface area contributed by atoms with E-state index in [9.17, 15) is 13.6 Å². The monoisotopic (exact) mass is 321 g/mol. The molecule has 1 aliphatic rings. The van der Waals surface area contributed by atoms with Gasteiger partial charge in [-0.05, 0) is 32.0 Å². The summed E-state index contributed by atoms with van der Waals surface area (Å²) in [6.07, 6.45) is 0. The van der Waals surface area contributed by atoms with Crippen molar-refractivity contribution in [2.75, 3.05) is 19.8 Å². The molecule has 5 nitrogen and oxygen atoms in total. The lowest BCUT2D eigenvalue weighted by atomic mass is 10.0. The summed E-state index contributed by atoms with van der Waals surface area (Å²) in [5, 5.41) is 7.05. The van der Waals surface area contributed by atoms with Gasteiger partial charge in [0, 0.05) is 23.4 Å². The maximum atomic E-state index is 13.4. The Bertz CT molecular complexity index is 725. The molecule has 7 heteroatoms. The van der Waals surface area contributed by atoms with Gasteiger partial charge in [0.05, 0.1) is 24.9 Å². The molecule has 0 unspecified atom stereocenters. The molecular weight excluding hydrogens is 304 g/mol. The summed E-state index contributed by atoms with van der Waals surface area (Å²) in [6, 6.07) is 2.89. The summed E-state index contributed by atoms with van der Waals surface area (Å²) in [5.74, 6) is -2.35. The van der Waals surface area contributed by atoms with Crippen molar-refractivity contribution >= 4 is 5.91 Å². The molecule has 1 N–H and O–H groups in total. The number of ether oxygens (including phenoxy) is 1. The minimum Gasteiger partial charge on any atom is -0.377 e. The Labute approximate surface area is 132 Å². The fourth-order valence-electron chi connectivity index (χ4n) is 2.93. The minimum atomic E-state index is -1.03. The largest absolute Gasteiger partial charge is 0.377 e. The number of aromatic amines is 1. The van der Waals surface area contributed by atoms with Crippen LogP contribution in [-0.2, 0) is 4.74 Å². The number of nitrogens with one attached hydrogen (secondary N) is 1. The number of halogens is 2. The van der Waals surface area contributed by atoms with Gasteiger partial charge < -0.3 is 9.64 Å². The lowest BCUT2D eigenvalue weighted by molar-refractivity contribution is -0.00304. The van der Waals surface area contributed by atoms with Crippen LogP contribution >= 0.6 is 0 Å². The number of amides is 1. The smallest absolute Gasteiger partial charge is 0.254 e. The van der Waals surface area contributed by atoms with Gasteiger partial charge in [-0.15, -0.1) is 0 Å². The van der Waals surface area contributed by atoms with Crippen molar-refractivity contribution in [3.05, 3.63) is 52.3 Å². The molecule has 0 aliphatic carbocycles. The standard InChI is InChI=1S/C16H17F2N3O2/c1-9-15(10(2)20-19-9)14-8-23-6-5-21(14)16(22)11-3-4-12(17)13(18)7-11/h3-4,7,14H,5-6,8H2,1-2H3,(H,19,20)/t14-/m1/s1. The van der Waals surface area contributed by atoms with Crippen molar-refractivity contribution in [3.8, 4) is 0 Å². The molecule has 23 heavy (non-hydrogen) atoms. The number of aromatic nitrogens is 2. The van der Waals surface area contributed by atoms with Crippen molar-refractivity contribution < 1.29 is 18.3 Å². The number of aryl methyl sites for hydroxylation is 2. The number of morpholine rings is 1. The number of rotatable bonds is 2.